The SMILES string of the molecule is CCCCNc1ncc(C(NC(=O)C2CCC(NC(=O)O)CC2)c2ccc(F)cc2)nn1. The molecule has 172 valence electrons. The molecule has 0 spiro atoms. The first-order valence-electron chi connectivity index (χ1n) is 10.9. The number of halogens is 1. The van der Waals surface area contributed by atoms with E-state index in [0.717, 1.165) is 19.4 Å². The molecule has 1 aliphatic rings. The third-order valence-electron chi connectivity index (χ3n) is 5.60. The molecular formula is C22H29FN6O3. The molecule has 1 aromatic carbocycles. The lowest BCUT2D eigenvalue weighted by molar-refractivity contribution is -0.126. The molecule has 0 radical (unpaired) electrons. The Bertz CT molecular complexity index is 886. The van der Waals surface area contributed by atoms with E-state index < -0.39 is 12.1 Å². The first-order chi connectivity index (χ1) is 15.5. The zero-order valence-corrected chi connectivity index (χ0v) is 18.1. The number of carboxylic acid groups (broad SMARTS) is 1. The van der Waals surface area contributed by atoms with Gasteiger partial charge in [0.25, 0.3) is 0 Å². The van der Waals surface area contributed by atoms with Crippen LogP contribution in [0.5, 0.6) is 0 Å². The van der Waals surface area contributed by atoms with Crippen LogP contribution in [0.15, 0.2) is 30.5 Å². The molecule has 3 rings (SSSR count). The second kappa shape index (κ2) is 11.4. The highest BCUT2D eigenvalue weighted by Gasteiger charge is 2.29. The smallest absolute Gasteiger partial charge is 0.404 e. The predicted molar refractivity (Wildman–Crippen MR) is 117 cm³/mol. The summed E-state index contributed by atoms with van der Waals surface area (Å²) in [6.45, 7) is 2.84. The maximum atomic E-state index is 13.4. The van der Waals surface area contributed by atoms with Gasteiger partial charge in [-0.05, 0) is 49.8 Å². The summed E-state index contributed by atoms with van der Waals surface area (Å²) < 4.78 is 13.4. The Morgan fingerprint density at radius 2 is 1.88 bits per heavy atom. The van der Waals surface area contributed by atoms with Crippen LogP contribution in [-0.2, 0) is 4.79 Å². The maximum Gasteiger partial charge on any atom is 0.404 e. The second-order valence-corrected chi connectivity index (χ2v) is 7.98. The lowest BCUT2D eigenvalue weighted by Crippen LogP contribution is -2.41. The average molecular weight is 445 g/mol. The van der Waals surface area contributed by atoms with E-state index in [0.29, 0.717) is 42.9 Å². The van der Waals surface area contributed by atoms with Crippen LogP contribution in [0.2, 0.25) is 0 Å². The summed E-state index contributed by atoms with van der Waals surface area (Å²) in [6, 6.07) is 5.11. The highest BCUT2D eigenvalue weighted by Crippen LogP contribution is 2.27. The lowest BCUT2D eigenvalue weighted by atomic mass is 9.85. The van der Waals surface area contributed by atoms with Crippen molar-refractivity contribution in [2.24, 2.45) is 5.92 Å². The molecule has 1 fully saturated rings. The van der Waals surface area contributed by atoms with Crippen LogP contribution in [0.3, 0.4) is 0 Å². The van der Waals surface area contributed by atoms with Crippen LogP contribution in [0.25, 0.3) is 0 Å². The Labute approximate surface area is 186 Å². The highest BCUT2D eigenvalue weighted by molar-refractivity contribution is 5.79. The Kier molecular flexibility index (Phi) is 8.29. The minimum atomic E-state index is -1.05. The molecule has 0 bridgehead atoms. The average Bonchev–Trinajstić information content (AvgIpc) is 2.79. The molecule has 2 amide bonds. The van der Waals surface area contributed by atoms with E-state index in [4.69, 9.17) is 5.11 Å². The number of benzene rings is 1. The van der Waals surface area contributed by atoms with Crippen LogP contribution >= 0.6 is 0 Å². The Hall–Kier alpha value is -3.30. The van der Waals surface area contributed by atoms with Gasteiger partial charge in [-0.2, -0.15) is 0 Å². The fourth-order valence-electron chi connectivity index (χ4n) is 3.79. The van der Waals surface area contributed by atoms with Gasteiger partial charge < -0.3 is 21.1 Å². The normalized spacial score (nSPS) is 19.1. The van der Waals surface area contributed by atoms with E-state index in [1.165, 1.54) is 12.1 Å². The number of amides is 2. The summed E-state index contributed by atoms with van der Waals surface area (Å²) in [4.78, 5) is 28.1. The van der Waals surface area contributed by atoms with Crippen molar-refractivity contribution in [1.29, 1.82) is 0 Å². The fourth-order valence-corrected chi connectivity index (χ4v) is 3.79. The fraction of sp³-hybridized carbons (Fsp3) is 0.500. The highest BCUT2D eigenvalue weighted by atomic mass is 19.1. The van der Waals surface area contributed by atoms with Gasteiger partial charge in [-0.1, -0.05) is 25.5 Å². The molecule has 10 heteroatoms. The second-order valence-electron chi connectivity index (χ2n) is 7.98. The maximum absolute atomic E-state index is 13.4. The zero-order valence-electron chi connectivity index (χ0n) is 18.1. The van der Waals surface area contributed by atoms with E-state index in [2.05, 4.69) is 38.1 Å². The molecule has 2 aromatic rings. The van der Waals surface area contributed by atoms with Gasteiger partial charge in [0.05, 0.1) is 12.2 Å². The molecule has 1 aromatic heterocycles. The van der Waals surface area contributed by atoms with Gasteiger partial charge in [0.1, 0.15) is 11.5 Å². The van der Waals surface area contributed by atoms with Crippen molar-refractivity contribution in [1.82, 2.24) is 25.8 Å². The molecule has 9 nitrogen and oxygen atoms in total. The van der Waals surface area contributed by atoms with Gasteiger partial charge in [-0.15, -0.1) is 10.2 Å². The van der Waals surface area contributed by atoms with Crippen LogP contribution in [0.4, 0.5) is 15.1 Å². The lowest BCUT2D eigenvalue weighted by Gasteiger charge is -2.29. The number of carbonyl (C=O) groups excluding carboxylic acids is 1. The minimum Gasteiger partial charge on any atom is -0.465 e. The van der Waals surface area contributed by atoms with Gasteiger partial charge in [-0.25, -0.2) is 14.2 Å². The minimum absolute atomic E-state index is 0.132. The summed E-state index contributed by atoms with van der Waals surface area (Å²) in [5, 5.41) is 25.8. The molecule has 1 aliphatic carbocycles. The Morgan fingerprint density at radius 1 is 1.16 bits per heavy atom. The summed E-state index contributed by atoms with van der Waals surface area (Å²) in [6.07, 6.45) is 4.91. The van der Waals surface area contributed by atoms with Crippen LogP contribution in [-0.4, -0.2) is 44.9 Å². The van der Waals surface area contributed by atoms with Gasteiger partial charge in [0, 0.05) is 18.5 Å². The largest absolute Gasteiger partial charge is 0.465 e. The number of unbranched alkanes of at least 4 members (excludes halogenated alkanes) is 1. The molecular weight excluding hydrogens is 415 g/mol. The summed E-state index contributed by atoms with van der Waals surface area (Å²) in [7, 11) is 0. The van der Waals surface area contributed by atoms with Crippen LogP contribution in [0.1, 0.15) is 62.7 Å². The number of nitrogens with zero attached hydrogens (tertiary/aromatic N) is 3. The quantitative estimate of drug-likeness (QED) is 0.437. The number of anilines is 1. The van der Waals surface area contributed by atoms with Gasteiger partial charge in [0.15, 0.2) is 0 Å². The van der Waals surface area contributed by atoms with Gasteiger partial charge in [-0.3, -0.25) is 4.79 Å². The Morgan fingerprint density at radius 3 is 2.47 bits per heavy atom. The number of nitrogens with one attached hydrogen (secondary N) is 3. The standard InChI is InChI=1S/C22H29FN6O3/c1-2-3-12-24-21-25-13-18(28-29-21)19(14-4-8-16(23)9-5-14)27-20(30)15-6-10-17(11-7-15)26-22(31)32/h4-5,8-9,13,15,17,19,26H,2-3,6-7,10-12H2,1H3,(H,27,30)(H,31,32)(H,24,25,29). The summed E-state index contributed by atoms with van der Waals surface area (Å²) in [5.74, 6) is -0.348. The summed E-state index contributed by atoms with van der Waals surface area (Å²) >= 11 is 0. The number of aromatic nitrogens is 3. The van der Waals surface area contributed by atoms with Crippen molar-refractivity contribution in [3.8, 4) is 0 Å². The van der Waals surface area contributed by atoms with E-state index in [9.17, 15) is 14.0 Å². The van der Waals surface area contributed by atoms with Crippen molar-refractivity contribution in [3.05, 3.63) is 47.5 Å². The van der Waals surface area contributed by atoms with Crippen molar-refractivity contribution < 1.29 is 19.1 Å². The van der Waals surface area contributed by atoms with Crippen LogP contribution in [0, 0.1) is 11.7 Å². The number of rotatable bonds is 9. The van der Waals surface area contributed by atoms with Crippen LogP contribution < -0.4 is 16.0 Å². The molecule has 32 heavy (non-hydrogen) atoms. The molecule has 1 heterocycles. The van der Waals surface area contributed by atoms with Gasteiger partial charge in [0.2, 0.25) is 11.9 Å². The first kappa shape index (κ1) is 23.4. The zero-order chi connectivity index (χ0) is 22.9. The first-order valence-corrected chi connectivity index (χ1v) is 10.9. The third-order valence-corrected chi connectivity index (χ3v) is 5.60. The topological polar surface area (TPSA) is 129 Å². The number of carbonyl (C=O) groups is 2. The molecule has 1 unspecified atom stereocenters. The molecule has 0 saturated heterocycles. The van der Waals surface area contributed by atoms with E-state index in [1.807, 2.05) is 0 Å². The molecule has 0 aliphatic heterocycles. The van der Waals surface area contributed by atoms with Crippen molar-refractivity contribution in [3.63, 3.8) is 0 Å². The molecule has 1 saturated carbocycles. The molecule has 4 N–H and O–H groups in total. The van der Waals surface area contributed by atoms with Crippen molar-refractivity contribution in [2.75, 3.05) is 11.9 Å². The molecule has 1 atom stereocenters. The Balaban J connectivity index is 1.70. The number of hydrogen-bond donors (Lipinski definition) is 4. The monoisotopic (exact) mass is 444 g/mol. The van der Waals surface area contributed by atoms with Crippen molar-refractivity contribution in [2.45, 2.75) is 57.5 Å². The van der Waals surface area contributed by atoms with E-state index in [1.54, 1.807) is 18.3 Å². The summed E-state index contributed by atoms with van der Waals surface area (Å²) in [5.41, 5.74) is 1.12. The van der Waals surface area contributed by atoms with E-state index in [-0.39, 0.29) is 23.7 Å². The number of hydrogen-bond acceptors (Lipinski definition) is 6. The van der Waals surface area contributed by atoms with Gasteiger partial charge >= 0.3 is 6.09 Å². The van der Waals surface area contributed by atoms with E-state index >= 15 is 0 Å². The van der Waals surface area contributed by atoms with Crippen molar-refractivity contribution >= 4 is 17.9 Å². The third kappa shape index (κ3) is 6.60. The predicted octanol–water partition coefficient (Wildman–Crippen LogP) is 3.25.